The third-order valence-electron chi connectivity index (χ3n) is 12.4. The first-order valence-electron chi connectivity index (χ1n) is 21.3. The van der Waals surface area contributed by atoms with Crippen molar-refractivity contribution in [3.8, 4) is 44.5 Å². The second-order valence-electron chi connectivity index (χ2n) is 16.0. The first-order valence-corrected chi connectivity index (χ1v) is 21.3. The van der Waals surface area contributed by atoms with E-state index in [1.165, 1.54) is 60.1 Å². The monoisotopic (exact) mass is 789 g/mol. The zero-order valence-electron chi connectivity index (χ0n) is 33.9. The Hall–Kier alpha value is -8.20. The van der Waals surface area contributed by atoms with Gasteiger partial charge in [0, 0.05) is 27.8 Å². The van der Waals surface area contributed by atoms with Crippen molar-refractivity contribution in [2.45, 2.75) is 0 Å². The van der Waals surface area contributed by atoms with Gasteiger partial charge in [0.05, 0.1) is 0 Å². The molecule has 0 atom stereocenters. The quantitative estimate of drug-likeness (QED) is 0.150. The van der Waals surface area contributed by atoms with Crippen LogP contribution in [0.3, 0.4) is 0 Å². The summed E-state index contributed by atoms with van der Waals surface area (Å²) < 4.78 is 6.35. The minimum Gasteiger partial charge on any atom is -0.456 e. The molecule has 11 aromatic carbocycles. The molecule has 0 saturated heterocycles. The van der Waals surface area contributed by atoms with Crippen LogP contribution in [0.1, 0.15) is 0 Å². The normalized spacial score (nSPS) is 11.5. The second kappa shape index (κ2) is 14.8. The highest BCUT2D eigenvalue weighted by Crippen LogP contribution is 2.47. The molecule has 0 fully saturated rings. The number of para-hydroxylation sites is 1. The Labute approximate surface area is 360 Å². The summed E-state index contributed by atoms with van der Waals surface area (Å²) in [5, 5.41) is 9.71. The van der Waals surface area contributed by atoms with Crippen molar-refractivity contribution in [2.24, 2.45) is 0 Å². The van der Waals surface area contributed by atoms with Crippen LogP contribution in [0.15, 0.2) is 241 Å². The van der Waals surface area contributed by atoms with Crippen molar-refractivity contribution in [1.82, 2.24) is 0 Å². The third kappa shape index (κ3) is 5.96. The van der Waals surface area contributed by atoms with E-state index in [-0.39, 0.29) is 0 Å². The van der Waals surface area contributed by atoms with Crippen molar-refractivity contribution in [3.05, 3.63) is 237 Å². The van der Waals surface area contributed by atoms with Gasteiger partial charge in [0.25, 0.3) is 0 Å². The van der Waals surface area contributed by atoms with Gasteiger partial charge >= 0.3 is 0 Å². The van der Waals surface area contributed by atoms with Gasteiger partial charge in [0.1, 0.15) is 11.2 Å². The third-order valence-corrected chi connectivity index (χ3v) is 12.4. The summed E-state index contributed by atoms with van der Waals surface area (Å²) >= 11 is 0. The number of nitrogens with zero attached hydrogens (tertiary/aromatic N) is 1. The lowest BCUT2D eigenvalue weighted by atomic mass is 9.85. The Bertz CT molecular complexity index is 3630. The fourth-order valence-electron chi connectivity index (χ4n) is 9.69. The van der Waals surface area contributed by atoms with Crippen LogP contribution in [-0.4, -0.2) is 0 Å². The highest BCUT2D eigenvalue weighted by molar-refractivity contribution is 6.21. The number of anilines is 3. The van der Waals surface area contributed by atoms with Gasteiger partial charge < -0.3 is 9.32 Å². The van der Waals surface area contributed by atoms with Gasteiger partial charge in [-0.25, -0.2) is 0 Å². The van der Waals surface area contributed by atoms with Gasteiger partial charge in [-0.15, -0.1) is 0 Å². The van der Waals surface area contributed by atoms with Crippen LogP contribution in [0.4, 0.5) is 17.1 Å². The van der Waals surface area contributed by atoms with E-state index < -0.39 is 0 Å². The van der Waals surface area contributed by atoms with Crippen LogP contribution in [0.25, 0.3) is 98.8 Å². The van der Waals surface area contributed by atoms with E-state index in [0.717, 1.165) is 55.7 Å². The van der Waals surface area contributed by atoms with Crippen LogP contribution >= 0.6 is 0 Å². The minimum atomic E-state index is 0.888. The number of benzene rings is 11. The molecule has 12 aromatic rings. The van der Waals surface area contributed by atoms with Gasteiger partial charge in [-0.05, 0) is 125 Å². The average molecular weight is 790 g/mol. The van der Waals surface area contributed by atoms with E-state index in [1.54, 1.807) is 0 Å². The van der Waals surface area contributed by atoms with Gasteiger partial charge in [-0.3, -0.25) is 0 Å². The topological polar surface area (TPSA) is 16.4 Å². The number of hydrogen-bond acceptors (Lipinski definition) is 2. The van der Waals surface area contributed by atoms with E-state index in [9.17, 15) is 0 Å². The van der Waals surface area contributed by atoms with Crippen molar-refractivity contribution in [3.63, 3.8) is 0 Å². The Morgan fingerprint density at radius 3 is 1.52 bits per heavy atom. The average Bonchev–Trinajstić information content (AvgIpc) is 3.73. The van der Waals surface area contributed by atoms with E-state index >= 15 is 0 Å². The molecule has 2 heteroatoms. The molecular formula is C60H39NO. The smallest absolute Gasteiger partial charge is 0.136 e. The fraction of sp³-hybridized carbons (Fsp3) is 0. The molecule has 0 spiro atoms. The molecule has 0 bridgehead atoms. The summed E-state index contributed by atoms with van der Waals surface area (Å²) in [6, 6.07) is 85.5. The number of furan rings is 1. The van der Waals surface area contributed by atoms with Crippen LogP contribution in [-0.2, 0) is 0 Å². The Kier molecular flexibility index (Phi) is 8.53. The Morgan fingerprint density at radius 2 is 0.774 bits per heavy atom. The van der Waals surface area contributed by atoms with E-state index in [2.05, 4.69) is 229 Å². The molecule has 0 saturated carbocycles. The molecule has 0 aliphatic carbocycles. The highest BCUT2D eigenvalue weighted by Gasteiger charge is 2.21. The van der Waals surface area contributed by atoms with Crippen LogP contribution in [0.2, 0.25) is 0 Å². The second-order valence-corrected chi connectivity index (χ2v) is 16.0. The van der Waals surface area contributed by atoms with Crippen molar-refractivity contribution < 1.29 is 4.42 Å². The van der Waals surface area contributed by atoms with E-state index in [4.69, 9.17) is 4.42 Å². The van der Waals surface area contributed by atoms with Gasteiger partial charge in [-0.2, -0.15) is 0 Å². The standard InChI is InChI=1S/C60H39NO/c1-2-17-42(18-3-1)58-53-27-8-6-25-51(53)52-26-7-9-28-54(52)59(58)44-21-13-23-47(39-44)61(45-36-34-41(35-37-45)49-30-14-19-40-16-4-5-24-48(40)49)46-22-12-20-43(38-46)50-31-15-33-57-60(50)55-29-10-11-32-56(55)62-57/h1-39H. The number of rotatable bonds is 7. The predicted octanol–water partition coefficient (Wildman–Crippen LogP) is 17.2. The van der Waals surface area contributed by atoms with E-state index in [0.29, 0.717) is 0 Å². The van der Waals surface area contributed by atoms with Gasteiger partial charge in [0.15, 0.2) is 0 Å². The molecule has 1 heterocycles. The van der Waals surface area contributed by atoms with Crippen LogP contribution in [0.5, 0.6) is 0 Å². The van der Waals surface area contributed by atoms with Crippen LogP contribution in [0, 0.1) is 0 Å². The molecule has 0 unspecified atom stereocenters. The summed E-state index contributed by atoms with van der Waals surface area (Å²) in [4.78, 5) is 2.40. The first kappa shape index (κ1) is 35.7. The van der Waals surface area contributed by atoms with Gasteiger partial charge in [0.2, 0.25) is 0 Å². The van der Waals surface area contributed by atoms with Crippen LogP contribution < -0.4 is 4.90 Å². The molecule has 0 aliphatic rings. The fourth-order valence-corrected chi connectivity index (χ4v) is 9.69. The van der Waals surface area contributed by atoms with Gasteiger partial charge in [-0.1, -0.05) is 188 Å². The van der Waals surface area contributed by atoms with E-state index in [1.807, 2.05) is 12.1 Å². The lowest BCUT2D eigenvalue weighted by Gasteiger charge is -2.27. The molecule has 12 rings (SSSR count). The molecule has 2 nitrogen and oxygen atoms in total. The lowest BCUT2D eigenvalue weighted by molar-refractivity contribution is 0.669. The maximum Gasteiger partial charge on any atom is 0.136 e. The molecule has 1 aromatic heterocycles. The zero-order chi connectivity index (χ0) is 41.0. The number of fused-ring (bicyclic) bond motifs is 7. The molecule has 0 radical (unpaired) electrons. The molecule has 62 heavy (non-hydrogen) atoms. The van der Waals surface area contributed by atoms with Crippen molar-refractivity contribution >= 4 is 71.3 Å². The Balaban J connectivity index is 1.07. The minimum absolute atomic E-state index is 0.888. The maximum absolute atomic E-state index is 6.35. The summed E-state index contributed by atoms with van der Waals surface area (Å²) in [6.07, 6.45) is 0. The summed E-state index contributed by atoms with van der Waals surface area (Å²) in [7, 11) is 0. The highest BCUT2D eigenvalue weighted by atomic mass is 16.3. The summed E-state index contributed by atoms with van der Waals surface area (Å²) in [5.74, 6) is 0. The van der Waals surface area contributed by atoms with Crippen molar-refractivity contribution in [2.75, 3.05) is 4.90 Å². The number of hydrogen-bond donors (Lipinski definition) is 0. The zero-order valence-corrected chi connectivity index (χ0v) is 33.9. The molecule has 290 valence electrons. The molecule has 0 N–H and O–H groups in total. The molecule has 0 aliphatic heterocycles. The largest absolute Gasteiger partial charge is 0.456 e. The first-order chi connectivity index (χ1) is 30.8. The molecule has 0 amide bonds. The van der Waals surface area contributed by atoms with Crippen molar-refractivity contribution in [1.29, 1.82) is 0 Å². The summed E-state index contributed by atoms with van der Waals surface area (Å²) in [6.45, 7) is 0. The SMILES string of the molecule is c1ccc(-c2c(-c3cccc(N(c4ccc(-c5cccc6ccccc56)cc4)c4cccc(-c5cccc6oc7ccccc7c56)c4)c3)c3ccccc3c3ccccc23)cc1. The summed E-state index contributed by atoms with van der Waals surface area (Å²) in [5.41, 5.74) is 14.5. The maximum atomic E-state index is 6.35. The Morgan fingerprint density at radius 1 is 0.274 bits per heavy atom. The molecular weight excluding hydrogens is 751 g/mol. The predicted molar refractivity (Wildman–Crippen MR) is 263 cm³/mol. The lowest BCUT2D eigenvalue weighted by Crippen LogP contribution is -2.10.